The lowest BCUT2D eigenvalue weighted by molar-refractivity contribution is 0.237. The number of anilines is 1. The maximum absolute atomic E-state index is 5.89. The number of nitrogens with zero attached hydrogens (tertiary/aromatic N) is 1. The van der Waals surface area contributed by atoms with Crippen molar-refractivity contribution in [2.75, 3.05) is 25.0 Å². The zero-order chi connectivity index (χ0) is 12.7. The Balaban J connectivity index is 1.53. The van der Waals surface area contributed by atoms with E-state index in [1.165, 1.54) is 43.5 Å². The van der Waals surface area contributed by atoms with Gasteiger partial charge in [0.15, 0.2) is 0 Å². The fourth-order valence-electron chi connectivity index (χ4n) is 2.99. The van der Waals surface area contributed by atoms with Gasteiger partial charge in [-0.05, 0) is 37.7 Å². The van der Waals surface area contributed by atoms with E-state index in [0.717, 1.165) is 37.4 Å². The van der Waals surface area contributed by atoms with Crippen molar-refractivity contribution in [2.24, 2.45) is 5.92 Å². The first-order chi connectivity index (χ1) is 9.40. The zero-order valence-electron chi connectivity index (χ0n) is 11.4. The Morgan fingerprint density at radius 1 is 1.21 bits per heavy atom. The number of ether oxygens (including phenoxy) is 1. The Morgan fingerprint density at radius 3 is 2.89 bits per heavy atom. The first kappa shape index (κ1) is 11.6. The lowest BCUT2D eigenvalue weighted by Gasteiger charge is -2.26. The van der Waals surface area contributed by atoms with E-state index in [2.05, 4.69) is 28.4 Å². The Bertz CT molecular complexity index is 466. The summed E-state index contributed by atoms with van der Waals surface area (Å²) < 4.78 is 5.89. The van der Waals surface area contributed by atoms with Gasteiger partial charge in [-0.25, -0.2) is 0 Å². The van der Waals surface area contributed by atoms with E-state index >= 15 is 0 Å². The molecule has 0 radical (unpaired) electrons. The molecular formula is C16H22N2O. The summed E-state index contributed by atoms with van der Waals surface area (Å²) in [6.07, 6.45) is 5.66. The molecule has 0 bridgehead atoms. The van der Waals surface area contributed by atoms with Crippen LogP contribution in [0.2, 0.25) is 0 Å². The molecule has 3 heteroatoms. The SMILES string of the molecule is c1cc(CN(CC2CC2)C2CC2)c2c(c1)NCCO2. The Kier molecular flexibility index (Phi) is 2.87. The molecule has 0 amide bonds. The maximum Gasteiger partial charge on any atom is 0.146 e. The van der Waals surface area contributed by atoms with Gasteiger partial charge in [0.1, 0.15) is 12.4 Å². The van der Waals surface area contributed by atoms with Crippen molar-refractivity contribution in [3.8, 4) is 5.75 Å². The second-order valence-electron chi connectivity index (χ2n) is 6.17. The highest BCUT2D eigenvalue weighted by molar-refractivity contribution is 5.61. The largest absolute Gasteiger partial charge is 0.489 e. The lowest BCUT2D eigenvalue weighted by atomic mass is 10.1. The van der Waals surface area contributed by atoms with Gasteiger partial charge in [0.05, 0.1) is 5.69 Å². The predicted octanol–water partition coefficient (Wildman–Crippen LogP) is 2.87. The van der Waals surface area contributed by atoms with E-state index < -0.39 is 0 Å². The summed E-state index contributed by atoms with van der Waals surface area (Å²) in [5.41, 5.74) is 2.53. The van der Waals surface area contributed by atoms with Crippen LogP contribution in [0.5, 0.6) is 5.75 Å². The molecule has 4 rings (SSSR count). The molecule has 1 heterocycles. The van der Waals surface area contributed by atoms with Crippen LogP contribution in [-0.4, -0.2) is 30.6 Å². The number of hydrogen-bond donors (Lipinski definition) is 1. The van der Waals surface area contributed by atoms with Gasteiger partial charge in [0.25, 0.3) is 0 Å². The zero-order valence-corrected chi connectivity index (χ0v) is 11.4. The lowest BCUT2D eigenvalue weighted by Crippen LogP contribution is -2.28. The third kappa shape index (κ3) is 2.57. The van der Waals surface area contributed by atoms with Crippen LogP contribution in [0.25, 0.3) is 0 Å². The van der Waals surface area contributed by atoms with Crippen LogP contribution in [0.15, 0.2) is 18.2 Å². The van der Waals surface area contributed by atoms with Crippen LogP contribution in [-0.2, 0) is 6.54 Å². The molecule has 2 fully saturated rings. The smallest absolute Gasteiger partial charge is 0.146 e. The number of hydrogen-bond acceptors (Lipinski definition) is 3. The fourth-order valence-corrected chi connectivity index (χ4v) is 2.99. The molecule has 1 aliphatic heterocycles. The van der Waals surface area contributed by atoms with Crippen molar-refractivity contribution in [3.05, 3.63) is 23.8 Å². The summed E-state index contributed by atoms with van der Waals surface area (Å²) in [7, 11) is 0. The van der Waals surface area contributed by atoms with Crippen molar-refractivity contribution >= 4 is 5.69 Å². The Labute approximate surface area is 114 Å². The van der Waals surface area contributed by atoms with E-state index in [1.807, 2.05) is 0 Å². The standard InChI is InChI=1S/C16H22N2O/c1-2-13(16-15(3-1)17-8-9-19-16)11-18(14-6-7-14)10-12-4-5-12/h1-3,12,14,17H,4-11H2. The van der Waals surface area contributed by atoms with E-state index in [1.54, 1.807) is 0 Å². The van der Waals surface area contributed by atoms with Gasteiger partial charge < -0.3 is 10.1 Å². The van der Waals surface area contributed by atoms with Crippen LogP contribution in [0.4, 0.5) is 5.69 Å². The maximum atomic E-state index is 5.89. The van der Waals surface area contributed by atoms with Crippen LogP contribution in [0.3, 0.4) is 0 Å². The number of para-hydroxylation sites is 1. The number of nitrogens with one attached hydrogen (secondary N) is 1. The van der Waals surface area contributed by atoms with Crippen molar-refractivity contribution in [3.63, 3.8) is 0 Å². The molecule has 2 aliphatic carbocycles. The second kappa shape index (κ2) is 4.71. The quantitative estimate of drug-likeness (QED) is 0.879. The summed E-state index contributed by atoms with van der Waals surface area (Å²) in [6.45, 7) is 4.06. The molecular weight excluding hydrogens is 236 g/mol. The first-order valence-electron chi connectivity index (χ1n) is 7.63. The highest BCUT2D eigenvalue weighted by Gasteiger charge is 2.34. The average molecular weight is 258 g/mol. The summed E-state index contributed by atoms with van der Waals surface area (Å²) in [4.78, 5) is 2.69. The third-order valence-electron chi connectivity index (χ3n) is 4.39. The van der Waals surface area contributed by atoms with Gasteiger partial charge in [-0.15, -0.1) is 0 Å². The normalized spacial score (nSPS) is 21.7. The Hall–Kier alpha value is -1.22. The van der Waals surface area contributed by atoms with E-state index in [-0.39, 0.29) is 0 Å². The van der Waals surface area contributed by atoms with Gasteiger partial charge in [-0.3, -0.25) is 4.90 Å². The molecule has 1 N–H and O–H groups in total. The van der Waals surface area contributed by atoms with E-state index in [0.29, 0.717) is 0 Å². The molecule has 19 heavy (non-hydrogen) atoms. The van der Waals surface area contributed by atoms with Gasteiger partial charge in [-0.2, -0.15) is 0 Å². The van der Waals surface area contributed by atoms with Gasteiger partial charge in [-0.1, -0.05) is 12.1 Å². The topological polar surface area (TPSA) is 24.5 Å². The molecule has 1 aromatic carbocycles. The highest BCUT2D eigenvalue weighted by Crippen LogP contribution is 2.38. The summed E-state index contributed by atoms with van der Waals surface area (Å²) >= 11 is 0. The van der Waals surface area contributed by atoms with Crippen molar-refractivity contribution in [2.45, 2.75) is 38.3 Å². The second-order valence-corrected chi connectivity index (χ2v) is 6.17. The molecule has 3 nitrogen and oxygen atoms in total. The Morgan fingerprint density at radius 2 is 2.11 bits per heavy atom. The minimum Gasteiger partial charge on any atom is -0.489 e. The van der Waals surface area contributed by atoms with E-state index in [4.69, 9.17) is 4.74 Å². The third-order valence-corrected chi connectivity index (χ3v) is 4.39. The molecule has 0 aromatic heterocycles. The molecule has 0 atom stereocenters. The number of fused-ring (bicyclic) bond motifs is 1. The predicted molar refractivity (Wildman–Crippen MR) is 76.6 cm³/mol. The molecule has 102 valence electrons. The van der Waals surface area contributed by atoms with Crippen molar-refractivity contribution in [1.82, 2.24) is 4.90 Å². The van der Waals surface area contributed by atoms with Crippen LogP contribution in [0.1, 0.15) is 31.2 Å². The first-order valence-corrected chi connectivity index (χ1v) is 7.63. The summed E-state index contributed by atoms with van der Waals surface area (Å²) in [6, 6.07) is 7.35. The number of benzene rings is 1. The van der Waals surface area contributed by atoms with Gasteiger partial charge >= 0.3 is 0 Å². The summed E-state index contributed by atoms with van der Waals surface area (Å²) in [5.74, 6) is 2.06. The van der Waals surface area contributed by atoms with Crippen LogP contribution >= 0.6 is 0 Å². The van der Waals surface area contributed by atoms with Crippen molar-refractivity contribution < 1.29 is 4.74 Å². The number of rotatable bonds is 5. The van der Waals surface area contributed by atoms with Crippen LogP contribution < -0.4 is 10.1 Å². The molecule has 0 unspecified atom stereocenters. The minimum atomic E-state index is 0.788. The average Bonchev–Trinajstić information content (AvgIpc) is 3.31. The monoisotopic (exact) mass is 258 g/mol. The van der Waals surface area contributed by atoms with E-state index in [9.17, 15) is 0 Å². The fraction of sp³-hybridized carbons (Fsp3) is 0.625. The van der Waals surface area contributed by atoms with Crippen molar-refractivity contribution in [1.29, 1.82) is 0 Å². The minimum absolute atomic E-state index is 0.788. The molecule has 3 aliphatic rings. The van der Waals surface area contributed by atoms with Crippen LogP contribution in [0, 0.1) is 5.92 Å². The molecule has 0 saturated heterocycles. The van der Waals surface area contributed by atoms with Gasteiger partial charge in [0, 0.05) is 31.2 Å². The summed E-state index contributed by atoms with van der Waals surface area (Å²) in [5, 5.41) is 3.43. The highest BCUT2D eigenvalue weighted by atomic mass is 16.5. The van der Waals surface area contributed by atoms with Gasteiger partial charge in [0.2, 0.25) is 0 Å². The molecule has 2 saturated carbocycles. The molecule has 0 spiro atoms. The molecule has 1 aromatic rings.